The van der Waals surface area contributed by atoms with E-state index in [1.807, 2.05) is 0 Å². The van der Waals surface area contributed by atoms with Crippen molar-refractivity contribution in [1.82, 2.24) is 10.6 Å². The number of benzene rings is 3. The fourth-order valence-corrected chi connectivity index (χ4v) is 4.91. The molecule has 13 nitrogen and oxygen atoms in total. The minimum Gasteiger partial charge on any atom is -0.465 e. The molecule has 0 saturated heterocycles. The lowest BCUT2D eigenvalue weighted by Crippen LogP contribution is -2.43. The van der Waals surface area contributed by atoms with Gasteiger partial charge >= 0.3 is 12.1 Å². The minimum absolute atomic E-state index is 0.0493. The second kappa shape index (κ2) is 14.7. The summed E-state index contributed by atoms with van der Waals surface area (Å²) >= 11 is 0. The number of nitrogens with two attached hydrogens (primary N) is 2. The van der Waals surface area contributed by atoms with Gasteiger partial charge in [-0.05, 0) is 101 Å². The third-order valence-corrected chi connectivity index (χ3v) is 7.16. The summed E-state index contributed by atoms with van der Waals surface area (Å²) in [6, 6.07) is 16.7. The highest BCUT2D eigenvalue weighted by Gasteiger charge is 2.25. The number of carbonyl (C=O) groups is 3. The van der Waals surface area contributed by atoms with Crippen molar-refractivity contribution in [3.8, 4) is 23.0 Å². The highest BCUT2D eigenvalue weighted by molar-refractivity contribution is 5.97. The first-order valence-electron chi connectivity index (χ1n) is 14.8. The number of amidine groups is 1. The van der Waals surface area contributed by atoms with Crippen LogP contribution in [-0.2, 0) is 9.53 Å². The maximum absolute atomic E-state index is 13.4. The zero-order valence-electron chi connectivity index (χ0n) is 25.9. The number of carbonyl (C=O) groups excluding carboxylic acids is 2. The van der Waals surface area contributed by atoms with Gasteiger partial charge in [0.15, 0.2) is 5.84 Å². The number of hydrogen-bond donors (Lipinski definition) is 6. The van der Waals surface area contributed by atoms with Crippen LogP contribution in [0.2, 0.25) is 0 Å². The molecule has 4 rings (SSSR count). The second-order valence-corrected chi connectivity index (χ2v) is 12.0. The summed E-state index contributed by atoms with van der Waals surface area (Å²) < 4.78 is 17.5. The van der Waals surface area contributed by atoms with Crippen LogP contribution in [0.1, 0.15) is 74.0 Å². The van der Waals surface area contributed by atoms with Crippen molar-refractivity contribution in [2.45, 2.75) is 70.2 Å². The van der Waals surface area contributed by atoms with Gasteiger partial charge in [0.1, 0.15) is 34.6 Å². The van der Waals surface area contributed by atoms with Crippen LogP contribution in [0.15, 0.2) is 71.9 Å². The predicted molar refractivity (Wildman–Crippen MR) is 169 cm³/mol. The Hall–Kier alpha value is -5.30. The van der Waals surface area contributed by atoms with Crippen molar-refractivity contribution in [3.63, 3.8) is 0 Å². The molecule has 46 heavy (non-hydrogen) atoms. The Balaban J connectivity index is 1.53. The fourth-order valence-electron chi connectivity index (χ4n) is 4.91. The normalized spacial score (nSPS) is 17.3. The van der Waals surface area contributed by atoms with E-state index in [4.69, 9.17) is 36.0 Å². The molecule has 1 aliphatic carbocycles. The molecule has 2 amide bonds. The van der Waals surface area contributed by atoms with Crippen LogP contribution < -0.4 is 31.6 Å². The highest BCUT2D eigenvalue weighted by atomic mass is 16.6. The van der Waals surface area contributed by atoms with E-state index in [2.05, 4.69) is 15.8 Å². The number of carboxylic acid groups (broad SMARTS) is 1. The number of nitrogens with zero attached hydrogens (tertiary/aromatic N) is 1. The van der Waals surface area contributed by atoms with E-state index in [1.54, 1.807) is 87.5 Å². The van der Waals surface area contributed by atoms with E-state index in [1.165, 1.54) is 0 Å². The summed E-state index contributed by atoms with van der Waals surface area (Å²) in [6.45, 7) is 5.30. The van der Waals surface area contributed by atoms with Crippen LogP contribution >= 0.6 is 0 Å². The molecule has 13 heteroatoms. The van der Waals surface area contributed by atoms with E-state index in [-0.39, 0.29) is 29.4 Å². The van der Waals surface area contributed by atoms with E-state index >= 15 is 0 Å². The molecule has 0 aliphatic heterocycles. The average molecular weight is 634 g/mol. The van der Waals surface area contributed by atoms with Crippen LogP contribution in [-0.4, -0.2) is 51.8 Å². The number of esters is 1. The first-order chi connectivity index (χ1) is 21.8. The van der Waals surface area contributed by atoms with Gasteiger partial charge in [-0.15, -0.1) is 0 Å². The van der Waals surface area contributed by atoms with E-state index in [0.29, 0.717) is 59.8 Å². The number of oxime groups is 1. The lowest BCUT2D eigenvalue weighted by atomic mass is 9.91. The Bertz CT molecular complexity index is 1560. The van der Waals surface area contributed by atoms with Crippen LogP contribution in [0.5, 0.6) is 23.0 Å². The van der Waals surface area contributed by atoms with Gasteiger partial charge < -0.3 is 46.6 Å². The lowest BCUT2D eigenvalue weighted by Gasteiger charge is -2.29. The minimum atomic E-state index is -1.06. The van der Waals surface area contributed by atoms with Crippen molar-refractivity contribution < 1.29 is 38.9 Å². The summed E-state index contributed by atoms with van der Waals surface area (Å²) in [5, 5.41) is 26.4. The number of nitrogens with one attached hydrogen (secondary N) is 2. The van der Waals surface area contributed by atoms with Crippen molar-refractivity contribution in [2.75, 3.05) is 0 Å². The van der Waals surface area contributed by atoms with Crippen molar-refractivity contribution in [2.24, 2.45) is 16.6 Å². The molecule has 3 aromatic carbocycles. The lowest BCUT2D eigenvalue weighted by molar-refractivity contribution is -0.156. The summed E-state index contributed by atoms with van der Waals surface area (Å²) in [4.78, 5) is 36.8. The second-order valence-electron chi connectivity index (χ2n) is 12.0. The largest absolute Gasteiger partial charge is 0.465 e. The molecular formula is C33H39N5O8. The Morgan fingerprint density at radius 2 is 1.30 bits per heavy atom. The van der Waals surface area contributed by atoms with E-state index in [0.717, 1.165) is 0 Å². The SMILES string of the molecule is CC(C)(C)OC(=O)C(N)c1ccc(Oc2cc(Oc3ccc(C(N)=NO)cc3)cc(C(=O)NC3CCC(NC(=O)O)CC3)c2)cc1. The Labute approximate surface area is 266 Å². The predicted octanol–water partition coefficient (Wildman–Crippen LogP) is 5.02. The van der Waals surface area contributed by atoms with Gasteiger partial charge in [-0.25, -0.2) is 9.59 Å². The summed E-state index contributed by atoms with van der Waals surface area (Å²) in [7, 11) is 0. The van der Waals surface area contributed by atoms with Crippen LogP contribution in [0, 0.1) is 0 Å². The summed E-state index contributed by atoms with van der Waals surface area (Å²) in [6.07, 6.45) is 1.42. The molecule has 1 unspecified atom stereocenters. The first kappa shape index (κ1) is 33.6. The Morgan fingerprint density at radius 3 is 1.78 bits per heavy atom. The van der Waals surface area contributed by atoms with Crippen LogP contribution in [0.3, 0.4) is 0 Å². The topological polar surface area (TPSA) is 208 Å². The molecule has 0 spiro atoms. The Morgan fingerprint density at radius 1 is 0.804 bits per heavy atom. The van der Waals surface area contributed by atoms with Gasteiger partial charge in [-0.2, -0.15) is 0 Å². The molecular weight excluding hydrogens is 594 g/mol. The summed E-state index contributed by atoms with van der Waals surface area (Å²) in [5.41, 5.74) is 12.4. The van der Waals surface area contributed by atoms with Gasteiger partial charge in [0.05, 0.1) is 0 Å². The molecule has 0 bridgehead atoms. The van der Waals surface area contributed by atoms with Gasteiger partial charge in [0.25, 0.3) is 5.91 Å². The standard InChI is InChI=1S/C33H39N5O8/c1-33(2,3)46-31(40)28(34)19-4-12-24(13-5-19)44-26-16-21(30(39)36-22-8-10-23(11-9-22)37-32(41)42)17-27(18-26)45-25-14-6-20(7-15-25)29(35)38-43/h4-7,12-18,22-23,28,37,43H,8-11,34H2,1-3H3,(H2,35,38)(H,36,39)(H,41,42). The maximum Gasteiger partial charge on any atom is 0.404 e. The third-order valence-electron chi connectivity index (χ3n) is 7.16. The van der Waals surface area contributed by atoms with Gasteiger partial charge in [-0.1, -0.05) is 17.3 Å². The molecule has 244 valence electrons. The van der Waals surface area contributed by atoms with Crippen molar-refractivity contribution in [1.29, 1.82) is 0 Å². The number of hydrogen-bond acceptors (Lipinski definition) is 9. The number of ether oxygens (including phenoxy) is 3. The third kappa shape index (κ3) is 9.60. The average Bonchev–Trinajstić information content (AvgIpc) is 3.01. The van der Waals surface area contributed by atoms with E-state index in [9.17, 15) is 14.4 Å². The quantitative estimate of drug-likeness (QED) is 0.0578. The van der Waals surface area contributed by atoms with Gasteiger partial charge in [0.2, 0.25) is 0 Å². The molecule has 0 radical (unpaired) electrons. The zero-order chi connectivity index (χ0) is 33.4. The maximum atomic E-state index is 13.4. The van der Waals surface area contributed by atoms with Gasteiger partial charge in [-0.3, -0.25) is 4.79 Å². The summed E-state index contributed by atoms with van der Waals surface area (Å²) in [5.74, 6) is 0.552. The van der Waals surface area contributed by atoms with Crippen LogP contribution in [0.4, 0.5) is 4.79 Å². The van der Waals surface area contributed by atoms with Crippen molar-refractivity contribution in [3.05, 3.63) is 83.4 Å². The first-order valence-corrected chi connectivity index (χ1v) is 14.8. The van der Waals surface area contributed by atoms with Gasteiger partial charge in [0, 0.05) is 29.3 Å². The number of amides is 2. The zero-order valence-corrected chi connectivity index (χ0v) is 25.9. The molecule has 8 N–H and O–H groups in total. The molecule has 0 aromatic heterocycles. The van der Waals surface area contributed by atoms with Crippen LogP contribution in [0.25, 0.3) is 0 Å². The molecule has 1 aliphatic rings. The number of rotatable bonds is 10. The van der Waals surface area contributed by atoms with Crippen molar-refractivity contribution >= 4 is 23.8 Å². The fraction of sp³-hybridized carbons (Fsp3) is 0.333. The highest BCUT2D eigenvalue weighted by Crippen LogP contribution is 2.32. The van der Waals surface area contributed by atoms with E-state index < -0.39 is 23.7 Å². The molecule has 3 aromatic rings. The Kier molecular flexibility index (Phi) is 10.7. The molecule has 1 atom stereocenters. The molecule has 1 saturated carbocycles. The molecule has 0 heterocycles. The monoisotopic (exact) mass is 633 g/mol. The smallest absolute Gasteiger partial charge is 0.404 e. The molecule has 1 fully saturated rings.